The summed E-state index contributed by atoms with van der Waals surface area (Å²) in [7, 11) is 0. The Morgan fingerprint density at radius 3 is 2.63 bits per heavy atom. The van der Waals surface area contributed by atoms with Gasteiger partial charge in [-0.2, -0.15) is 0 Å². The summed E-state index contributed by atoms with van der Waals surface area (Å²) in [5, 5.41) is 9.90. The molecule has 2 rings (SSSR count). The summed E-state index contributed by atoms with van der Waals surface area (Å²) in [6.45, 7) is 2.07. The zero-order valence-corrected chi connectivity index (χ0v) is 11.5. The molecule has 19 heavy (non-hydrogen) atoms. The van der Waals surface area contributed by atoms with Gasteiger partial charge in [0.2, 0.25) is 5.90 Å². The number of carbonyl (C=O) groups excluding carboxylic acids is 1. The van der Waals surface area contributed by atoms with Crippen molar-refractivity contribution in [1.82, 2.24) is 5.32 Å². The minimum absolute atomic E-state index is 0.0932. The number of hydrogen-bond acceptors (Lipinski definition) is 3. The van der Waals surface area contributed by atoms with Crippen molar-refractivity contribution in [3.63, 3.8) is 0 Å². The first kappa shape index (κ1) is 13.9. The lowest BCUT2D eigenvalue weighted by atomic mass is 9.76. The third-order valence-electron chi connectivity index (χ3n) is 3.35. The van der Waals surface area contributed by atoms with Crippen LogP contribution in [0.2, 0.25) is 0 Å². The van der Waals surface area contributed by atoms with Crippen LogP contribution >= 0.6 is 11.6 Å². The predicted octanol–water partition coefficient (Wildman–Crippen LogP) is 3.18. The summed E-state index contributed by atoms with van der Waals surface area (Å²) < 4.78 is 4.66. The Bertz CT molecular complexity index is 467. The second-order valence-corrected chi connectivity index (χ2v) is 5.13. The first-order valence-electron chi connectivity index (χ1n) is 6.26. The first-order valence-corrected chi connectivity index (χ1v) is 6.80. The molecule has 0 aliphatic heterocycles. The normalized spacial score (nSPS) is 21.4. The van der Waals surface area contributed by atoms with Crippen LogP contribution in [0.15, 0.2) is 24.3 Å². The number of rotatable bonds is 3. The van der Waals surface area contributed by atoms with Crippen molar-refractivity contribution in [2.24, 2.45) is 0 Å². The van der Waals surface area contributed by atoms with E-state index in [-0.39, 0.29) is 17.8 Å². The molecule has 0 heterocycles. The van der Waals surface area contributed by atoms with Crippen LogP contribution in [0.5, 0.6) is 0 Å². The second-order valence-electron chi connectivity index (χ2n) is 4.87. The summed E-state index contributed by atoms with van der Waals surface area (Å²) >= 11 is 5.37. The Balaban J connectivity index is 1.76. The van der Waals surface area contributed by atoms with Crippen LogP contribution in [0.1, 0.15) is 29.9 Å². The molecule has 0 atom stereocenters. The molecule has 0 radical (unpaired) electrons. The lowest BCUT2D eigenvalue weighted by Crippen LogP contribution is -2.44. The molecule has 0 bridgehead atoms. The van der Waals surface area contributed by atoms with Crippen LogP contribution in [0, 0.1) is 12.3 Å². The molecule has 102 valence electrons. The number of nitrogens with one attached hydrogen (secondary N) is 2. The summed E-state index contributed by atoms with van der Waals surface area (Å²) in [4.78, 5) is 11.4. The molecule has 2 N–H and O–H groups in total. The molecule has 1 saturated carbocycles. The number of amides is 1. The van der Waals surface area contributed by atoms with E-state index in [1.165, 1.54) is 11.1 Å². The standard InChI is InChI=1S/C14H17ClN2O2/c1-9-2-4-10(5-3-9)11-6-12(7-11)17-14(18)19-13(16)8-15/h2-5,11-12,16H,6-8H2,1H3,(H,17,18). The molecule has 1 amide bonds. The van der Waals surface area contributed by atoms with Crippen molar-refractivity contribution >= 4 is 23.6 Å². The highest BCUT2D eigenvalue weighted by atomic mass is 35.5. The van der Waals surface area contributed by atoms with Crippen molar-refractivity contribution in [3.05, 3.63) is 35.4 Å². The molecular weight excluding hydrogens is 264 g/mol. The average Bonchev–Trinajstić information content (AvgIpc) is 2.34. The minimum atomic E-state index is -0.585. The van der Waals surface area contributed by atoms with E-state index in [9.17, 15) is 4.79 Å². The minimum Gasteiger partial charge on any atom is -0.395 e. The van der Waals surface area contributed by atoms with E-state index in [1.807, 2.05) is 0 Å². The smallest absolute Gasteiger partial charge is 0.395 e. The maximum Gasteiger partial charge on any atom is 0.413 e. The zero-order chi connectivity index (χ0) is 13.8. The number of carbonyl (C=O) groups is 1. The molecule has 1 aliphatic carbocycles. The molecule has 1 aliphatic rings. The number of ether oxygens (including phenoxy) is 1. The molecule has 0 spiro atoms. The fourth-order valence-electron chi connectivity index (χ4n) is 2.18. The van der Waals surface area contributed by atoms with Gasteiger partial charge in [0, 0.05) is 6.04 Å². The highest BCUT2D eigenvalue weighted by Gasteiger charge is 2.31. The van der Waals surface area contributed by atoms with Crippen molar-refractivity contribution in [2.75, 3.05) is 5.88 Å². The fourth-order valence-corrected chi connectivity index (χ4v) is 2.24. The van der Waals surface area contributed by atoms with Crippen LogP contribution in [-0.2, 0) is 4.74 Å². The highest BCUT2D eigenvalue weighted by molar-refractivity contribution is 6.27. The Morgan fingerprint density at radius 1 is 1.42 bits per heavy atom. The summed E-state index contributed by atoms with van der Waals surface area (Å²) in [6, 6.07) is 8.61. The SMILES string of the molecule is Cc1ccc(C2CC(NC(=O)OC(=N)CCl)C2)cc1. The van der Waals surface area contributed by atoms with Crippen molar-refractivity contribution in [2.45, 2.75) is 31.7 Å². The lowest BCUT2D eigenvalue weighted by molar-refractivity contribution is 0.180. The Kier molecular flexibility index (Phi) is 4.43. The largest absolute Gasteiger partial charge is 0.413 e. The van der Waals surface area contributed by atoms with Gasteiger partial charge in [-0.3, -0.25) is 5.41 Å². The van der Waals surface area contributed by atoms with Crippen LogP contribution in [0.25, 0.3) is 0 Å². The Hall–Kier alpha value is -1.55. The molecule has 4 nitrogen and oxygen atoms in total. The monoisotopic (exact) mass is 280 g/mol. The zero-order valence-electron chi connectivity index (χ0n) is 10.8. The third-order valence-corrected chi connectivity index (χ3v) is 3.59. The summed E-state index contributed by atoms with van der Waals surface area (Å²) in [5.74, 6) is 0.177. The van der Waals surface area contributed by atoms with E-state index >= 15 is 0 Å². The number of benzene rings is 1. The maximum absolute atomic E-state index is 11.4. The van der Waals surface area contributed by atoms with Crippen LogP contribution in [0.4, 0.5) is 4.79 Å². The highest BCUT2D eigenvalue weighted by Crippen LogP contribution is 2.36. The van der Waals surface area contributed by atoms with Crippen LogP contribution in [-0.4, -0.2) is 23.9 Å². The van der Waals surface area contributed by atoms with E-state index in [0.717, 1.165) is 12.8 Å². The van der Waals surface area contributed by atoms with Gasteiger partial charge >= 0.3 is 6.09 Å². The summed E-state index contributed by atoms with van der Waals surface area (Å²) in [6.07, 6.45) is 1.23. The lowest BCUT2D eigenvalue weighted by Gasteiger charge is -2.35. The predicted molar refractivity (Wildman–Crippen MR) is 75.0 cm³/mol. The van der Waals surface area contributed by atoms with E-state index in [1.54, 1.807) is 0 Å². The number of aryl methyl sites for hydroxylation is 1. The maximum atomic E-state index is 11.4. The van der Waals surface area contributed by atoms with Gasteiger partial charge < -0.3 is 10.1 Å². The molecule has 1 fully saturated rings. The fraction of sp³-hybridized carbons (Fsp3) is 0.429. The summed E-state index contributed by atoms with van der Waals surface area (Å²) in [5.41, 5.74) is 2.56. The number of halogens is 1. The van der Waals surface area contributed by atoms with E-state index in [0.29, 0.717) is 5.92 Å². The molecular formula is C14H17ClN2O2. The van der Waals surface area contributed by atoms with Gasteiger partial charge in [0.25, 0.3) is 0 Å². The van der Waals surface area contributed by atoms with Crippen molar-refractivity contribution in [3.8, 4) is 0 Å². The second kappa shape index (κ2) is 6.06. The Morgan fingerprint density at radius 2 is 2.05 bits per heavy atom. The van der Waals surface area contributed by atoms with Gasteiger partial charge in [-0.1, -0.05) is 29.8 Å². The first-order chi connectivity index (χ1) is 9.08. The molecule has 0 aromatic heterocycles. The van der Waals surface area contributed by atoms with Gasteiger partial charge in [-0.25, -0.2) is 4.79 Å². The van der Waals surface area contributed by atoms with Gasteiger partial charge in [0.05, 0.1) is 5.88 Å². The molecule has 0 unspecified atom stereocenters. The molecule has 1 aromatic rings. The van der Waals surface area contributed by atoms with Gasteiger partial charge in [-0.15, -0.1) is 11.6 Å². The number of alkyl halides is 1. The molecule has 5 heteroatoms. The van der Waals surface area contributed by atoms with Gasteiger partial charge in [0.1, 0.15) is 0 Å². The van der Waals surface area contributed by atoms with Gasteiger partial charge in [0.15, 0.2) is 0 Å². The van der Waals surface area contributed by atoms with Crippen LogP contribution in [0.3, 0.4) is 0 Å². The molecule has 1 aromatic carbocycles. The quantitative estimate of drug-likeness (QED) is 0.507. The Labute approximate surface area is 117 Å². The van der Waals surface area contributed by atoms with Crippen molar-refractivity contribution in [1.29, 1.82) is 5.41 Å². The van der Waals surface area contributed by atoms with E-state index in [2.05, 4.69) is 41.2 Å². The number of alkyl carbamates (subject to hydrolysis) is 1. The van der Waals surface area contributed by atoms with E-state index < -0.39 is 6.09 Å². The topological polar surface area (TPSA) is 62.2 Å². The number of hydrogen-bond donors (Lipinski definition) is 2. The van der Waals surface area contributed by atoms with Crippen LogP contribution < -0.4 is 5.32 Å². The van der Waals surface area contributed by atoms with Crippen molar-refractivity contribution < 1.29 is 9.53 Å². The molecule has 0 saturated heterocycles. The van der Waals surface area contributed by atoms with E-state index in [4.69, 9.17) is 17.0 Å². The average molecular weight is 281 g/mol. The third kappa shape index (κ3) is 3.70. The van der Waals surface area contributed by atoms with Gasteiger partial charge in [-0.05, 0) is 31.2 Å².